The van der Waals surface area contributed by atoms with Crippen LogP contribution < -0.4 is 0 Å². The summed E-state index contributed by atoms with van der Waals surface area (Å²) in [5.74, 6) is -4.06. The topological polar surface area (TPSA) is 58.4 Å². The van der Waals surface area contributed by atoms with Crippen LogP contribution in [0.1, 0.15) is 6.04 Å². The first-order valence-electron chi connectivity index (χ1n) is 9.71. The predicted octanol–water partition coefficient (Wildman–Crippen LogP) is 4.49. The number of rotatable bonds is 5. The number of nitrogens with zero attached hydrogens (tertiary/aromatic N) is 3. The molecule has 0 bridgehead atoms. The van der Waals surface area contributed by atoms with Gasteiger partial charge in [-0.05, 0) is 24.3 Å². The SMILES string of the molecule is COC1C(Sc2cncc(Cl)c2)OC2COC2C1n1ccc(-c2cc(F)c(F)c(F)c2)n1. The number of hydrogen-bond donors (Lipinski definition) is 0. The molecule has 0 spiro atoms. The number of ether oxygens (including phenoxy) is 3. The molecule has 6 nitrogen and oxygen atoms in total. The molecule has 0 radical (unpaired) electrons. The van der Waals surface area contributed by atoms with Gasteiger partial charge in [0.2, 0.25) is 0 Å². The van der Waals surface area contributed by atoms with E-state index >= 15 is 0 Å². The van der Waals surface area contributed by atoms with Gasteiger partial charge in [0.05, 0.1) is 17.3 Å². The first kappa shape index (κ1) is 21.7. The third-order valence-corrected chi connectivity index (χ3v) is 6.78. The fourth-order valence-corrected chi connectivity index (χ4v) is 5.35. The van der Waals surface area contributed by atoms with Crippen molar-refractivity contribution in [1.29, 1.82) is 0 Å². The Labute approximate surface area is 190 Å². The van der Waals surface area contributed by atoms with Crippen molar-refractivity contribution in [3.8, 4) is 11.3 Å². The standard InChI is InChI=1S/C21H17ClF3N3O3S/c1-29-20-18(28-3-2-15(27-28)10-4-13(23)17(25)14(24)5-10)19-16(9-30-19)31-21(20)32-12-6-11(22)7-26-8-12/h2-8,16,18-21H,9H2,1H3. The van der Waals surface area contributed by atoms with Crippen LogP contribution in [0.2, 0.25) is 5.02 Å². The molecule has 2 aliphatic rings. The molecule has 0 aliphatic carbocycles. The maximum absolute atomic E-state index is 13.7. The highest BCUT2D eigenvalue weighted by Crippen LogP contribution is 2.44. The van der Waals surface area contributed by atoms with Gasteiger partial charge in [-0.25, -0.2) is 13.2 Å². The predicted molar refractivity (Wildman–Crippen MR) is 111 cm³/mol. The number of halogens is 4. The van der Waals surface area contributed by atoms with Gasteiger partial charge in [0.1, 0.15) is 29.8 Å². The summed E-state index contributed by atoms with van der Waals surface area (Å²) >= 11 is 7.48. The summed E-state index contributed by atoms with van der Waals surface area (Å²) in [6.07, 6.45) is 3.99. The van der Waals surface area contributed by atoms with Crippen LogP contribution in [-0.2, 0) is 14.2 Å². The van der Waals surface area contributed by atoms with Crippen molar-refractivity contribution in [3.05, 3.63) is 65.3 Å². The molecule has 0 saturated carbocycles. The van der Waals surface area contributed by atoms with Crippen LogP contribution in [0.15, 0.2) is 47.8 Å². The molecule has 1 aromatic carbocycles. The van der Waals surface area contributed by atoms with Crippen molar-refractivity contribution < 1.29 is 27.4 Å². The number of aromatic nitrogens is 3. The number of hydrogen-bond acceptors (Lipinski definition) is 6. The maximum Gasteiger partial charge on any atom is 0.194 e. The number of fused-ring (bicyclic) bond motifs is 1. The summed E-state index contributed by atoms with van der Waals surface area (Å²) < 4.78 is 60.1. The second kappa shape index (κ2) is 8.68. The van der Waals surface area contributed by atoms with Gasteiger partial charge in [-0.2, -0.15) is 5.10 Å². The average Bonchev–Trinajstić information content (AvgIpc) is 3.23. The zero-order chi connectivity index (χ0) is 22.4. The second-order valence-electron chi connectivity index (χ2n) is 7.42. The zero-order valence-corrected chi connectivity index (χ0v) is 18.2. The summed E-state index contributed by atoms with van der Waals surface area (Å²) in [5.41, 5.74) is 0.0234. The van der Waals surface area contributed by atoms with E-state index in [-0.39, 0.29) is 23.8 Å². The van der Waals surface area contributed by atoms with Gasteiger partial charge >= 0.3 is 0 Å². The number of pyridine rings is 1. The van der Waals surface area contributed by atoms with Crippen LogP contribution in [-0.4, -0.2) is 52.2 Å². The lowest BCUT2D eigenvalue weighted by Gasteiger charge is -2.50. The van der Waals surface area contributed by atoms with E-state index in [0.717, 1.165) is 17.0 Å². The Morgan fingerprint density at radius 3 is 2.62 bits per heavy atom. The minimum Gasteiger partial charge on any atom is -0.375 e. The van der Waals surface area contributed by atoms with E-state index in [4.69, 9.17) is 25.8 Å². The van der Waals surface area contributed by atoms with Gasteiger partial charge < -0.3 is 14.2 Å². The van der Waals surface area contributed by atoms with Gasteiger partial charge in [0.25, 0.3) is 0 Å². The van der Waals surface area contributed by atoms with Gasteiger partial charge in [-0.1, -0.05) is 23.4 Å². The molecule has 2 saturated heterocycles. The fraction of sp³-hybridized carbons (Fsp3) is 0.333. The average molecular weight is 484 g/mol. The smallest absolute Gasteiger partial charge is 0.194 e. The van der Waals surface area contributed by atoms with Crippen molar-refractivity contribution >= 4 is 23.4 Å². The van der Waals surface area contributed by atoms with Crippen LogP contribution in [0.4, 0.5) is 13.2 Å². The summed E-state index contributed by atoms with van der Waals surface area (Å²) in [6.45, 7) is 0.435. The zero-order valence-electron chi connectivity index (χ0n) is 16.6. The number of methoxy groups -OCH3 is 1. The Kier molecular flexibility index (Phi) is 5.89. The highest BCUT2D eigenvalue weighted by atomic mass is 35.5. The van der Waals surface area contributed by atoms with E-state index in [1.807, 2.05) is 0 Å². The molecular formula is C21H17ClF3N3O3S. The summed E-state index contributed by atoms with van der Waals surface area (Å²) in [5, 5.41) is 5.00. The van der Waals surface area contributed by atoms with Crippen LogP contribution in [0.5, 0.6) is 0 Å². The van der Waals surface area contributed by atoms with Crippen molar-refractivity contribution in [2.24, 2.45) is 0 Å². The number of thioether (sulfide) groups is 1. The fourth-order valence-electron chi connectivity index (χ4n) is 3.92. The van der Waals surface area contributed by atoms with Crippen LogP contribution in [0.3, 0.4) is 0 Å². The maximum atomic E-state index is 13.7. The summed E-state index contributed by atoms with van der Waals surface area (Å²) in [6, 6.07) is 4.86. The molecule has 32 heavy (non-hydrogen) atoms. The summed E-state index contributed by atoms with van der Waals surface area (Å²) in [7, 11) is 1.57. The molecule has 2 aliphatic heterocycles. The molecule has 168 valence electrons. The third-order valence-electron chi connectivity index (χ3n) is 5.47. The minimum atomic E-state index is -1.52. The van der Waals surface area contributed by atoms with Gasteiger partial charge in [0.15, 0.2) is 17.5 Å². The molecule has 2 fully saturated rings. The molecule has 4 heterocycles. The molecular weight excluding hydrogens is 467 g/mol. The van der Waals surface area contributed by atoms with Crippen molar-refractivity contribution in [1.82, 2.24) is 14.8 Å². The van der Waals surface area contributed by atoms with E-state index in [1.165, 1.54) is 11.8 Å². The molecule has 11 heteroatoms. The van der Waals surface area contributed by atoms with Gasteiger partial charge in [-0.15, -0.1) is 0 Å². The van der Waals surface area contributed by atoms with Gasteiger partial charge in [-0.3, -0.25) is 9.67 Å². The third kappa shape index (κ3) is 3.90. The monoisotopic (exact) mass is 483 g/mol. The van der Waals surface area contributed by atoms with Gasteiger partial charge in [0, 0.05) is 36.2 Å². The molecule has 0 amide bonds. The number of benzene rings is 1. The van der Waals surface area contributed by atoms with Crippen molar-refractivity contribution in [3.63, 3.8) is 0 Å². The molecule has 0 N–H and O–H groups in total. The Morgan fingerprint density at radius 1 is 1.19 bits per heavy atom. The van der Waals surface area contributed by atoms with E-state index in [2.05, 4.69) is 10.1 Å². The second-order valence-corrected chi connectivity index (χ2v) is 9.03. The Hall–Kier alpha value is -2.11. The molecule has 5 atom stereocenters. The highest BCUT2D eigenvalue weighted by molar-refractivity contribution is 7.99. The highest BCUT2D eigenvalue weighted by Gasteiger charge is 2.53. The Bertz CT molecular complexity index is 1130. The quantitative estimate of drug-likeness (QED) is 0.498. The normalized spacial score (nSPS) is 27.1. The van der Waals surface area contributed by atoms with Crippen LogP contribution in [0.25, 0.3) is 11.3 Å². The molecule has 2 aromatic heterocycles. The largest absolute Gasteiger partial charge is 0.375 e. The van der Waals surface area contributed by atoms with Crippen molar-refractivity contribution in [2.75, 3.05) is 13.7 Å². The van der Waals surface area contributed by atoms with Crippen LogP contribution in [0, 0.1) is 17.5 Å². The van der Waals surface area contributed by atoms with E-state index in [9.17, 15) is 13.2 Å². The van der Waals surface area contributed by atoms with Crippen LogP contribution >= 0.6 is 23.4 Å². The summed E-state index contributed by atoms with van der Waals surface area (Å²) in [4.78, 5) is 4.92. The molecule has 5 unspecified atom stereocenters. The Balaban J connectivity index is 1.45. The first-order valence-corrected chi connectivity index (χ1v) is 11.0. The van der Waals surface area contributed by atoms with E-state index in [0.29, 0.717) is 17.3 Å². The molecule has 5 rings (SSSR count). The lowest BCUT2D eigenvalue weighted by Crippen LogP contribution is -2.62. The molecule has 3 aromatic rings. The Morgan fingerprint density at radius 2 is 1.97 bits per heavy atom. The first-order chi connectivity index (χ1) is 15.4. The lowest BCUT2D eigenvalue weighted by molar-refractivity contribution is -0.269. The van der Waals surface area contributed by atoms with E-state index in [1.54, 1.807) is 42.5 Å². The van der Waals surface area contributed by atoms with Crippen molar-refractivity contribution in [2.45, 2.75) is 34.7 Å². The van der Waals surface area contributed by atoms with E-state index < -0.39 is 29.0 Å². The minimum absolute atomic E-state index is 0.128. The lowest BCUT2D eigenvalue weighted by atomic mass is 9.93.